The summed E-state index contributed by atoms with van der Waals surface area (Å²) in [6.07, 6.45) is 1.36. The molecule has 3 aromatic rings. The standard InChI is InChI=1S/C22H22BClFN5O3/c1-29-8-12(30(2)19(31)9-29)10-33-18-7-16-13(6-17(18)32-3)22(27-11-26-16)28-15-5-4-14(23)20(24)21(15)25/h4-7,11-12H,8-10H2,1-3H3,(H,26,27,28)/t12-/m0/s1. The number of anilines is 2. The van der Waals surface area contributed by atoms with E-state index in [1.54, 1.807) is 24.1 Å². The summed E-state index contributed by atoms with van der Waals surface area (Å²) in [5, 5.41) is 3.37. The van der Waals surface area contributed by atoms with E-state index in [1.807, 2.05) is 11.9 Å². The molecule has 1 saturated heterocycles. The zero-order valence-electron chi connectivity index (χ0n) is 18.4. The van der Waals surface area contributed by atoms with Gasteiger partial charge < -0.3 is 19.7 Å². The Hall–Kier alpha value is -3.11. The number of fused-ring (bicyclic) bond motifs is 1. The van der Waals surface area contributed by atoms with Crippen molar-refractivity contribution < 1.29 is 18.7 Å². The van der Waals surface area contributed by atoms with E-state index in [1.165, 1.54) is 25.6 Å². The molecule has 33 heavy (non-hydrogen) atoms. The average molecular weight is 470 g/mol. The van der Waals surface area contributed by atoms with Crippen LogP contribution in [0.5, 0.6) is 11.5 Å². The molecule has 0 bridgehead atoms. The summed E-state index contributed by atoms with van der Waals surface area (Å²) in [5.41, 5.74) is 0.838. The Kier molecular flexibility index (Phi) is 6.57. The lowest BCUT2D eigenvalue weighted by atomic mass is 9.96. The van der Waals surface area contributed by atoms with Gasteiger partial charge >= 0.3 is 0 Å². The van der Waals surface area contributed by atoms with Crippen molar-refractivity contribution in [2.24, 2.45) is 0 Å². The molecule has 1 aliphatic heterocycles. The number of nitrogens with zero attached hydrogens (tertiary/aromatic N) is 4. The maximum absolute atomic E-state index is 14.5. The van der Waals surface area contributed by atoms with E-state index < -0.39 is 5.82 Å². The number of carbonyl (C=O) groups excluding carboxylic acids is 1. The largest absolute Gasteiger partial charge is 0.493 e. The number of aromatic nitrogens is 2. The number of hydrogen-bond donors (Lipinski definition) is 1. The molecule has 2 aromatic carbocycles. The van der Waals surface area contributed by atoms with Crippen LogP contribution in [0.2, 0.25) is 5.02 Å². The summed E-state index contributed by atoms with van der Waals surface area (Å²) < 4.78 is 26.1. The topological polar surface area (TPSA) is 79.8 Å². The first-order valence-corrected chi connectivity index (χ1v) is 10.6. The lowest BCUT2D eigenvalue weighted by molar-refractivity contribution is -0.138. The second-order valence-corrected chi connectivity index (χ2v) is 8.24. The molecule has 0 saturated carbocycles. The molecule has 1 amide bonds. The minimum atomic E-state index is -0.675. The summed E-state index contributed by atoms with van der Waals surface area (Å²) in [6, 6.07) is 6.33. The van der Waals surface area contributed by atoms with Crippen molar-refractivity contribution in [3.8, 4) is 11.5 Å². The number of likely N-dealkylation sites (N-methyl/N-ethyl adjacent to an activating group) is 2. The molecular weight excluding hydrogens is 448 g/mol. The molecule has 0 spiro atoms. The number of methoxy groups -OCH3 is 1. The molecule has 1 atom stereocenters. The van der Waals surface area contributed by atoms with E-state index >= 15 is 0 Å². The van der Waals surface area contributed by atoms with Crippen molar-refractivity contribution in [3.05, 3.63) is 41.4 Å². The van der Waals surface area contributed by atoms with Crippen LogP contribution in [-0.2, 0) is 4.79 Å². The fourth-order valence-electron chi connectivity index (χ4n) is 3.67. The first-order valence-electron chi connectivity index (χ1n) is 10.2. The van der Waals surface area contributed by atoms with Crippen molar-refractivity contribution in [2.45, 2.75) is 6.04 Å². The van der Waals surface area contributed by atoms with Gasteiger partial charge in [-0.1, -0.05) is 23.1 Å². The molecule has 1 aromatic heterocycles. The molecular formula is C22H22BClFN5O3. The second-order valence-electron chi connectivity index (χ2n) is 7.86. The van der Waals surface area contributed by atoms with Crippen LogP contribution in [0.4, 0.5) is 15.9 Å². The minimum absolute atomic E-state index is 0.0429. The lowest BCUT2D eigenvalue weighted by Gasteiger charge is -2.37. The van der Waals surface area contributed by atoms with Gasteiger partial charge in [0.15, 0.2) is 17.3 Å². The molecule has 8 nitrogen and oxygen atoms in total. The molecule has 2 radical (unpaired) electrons. The van der Waals surface area contributed by atoms with Crippen LogP contribution >= 0.6 is 11.6 Å². The molecule has 170 valence electrons. The van der Waals surface area contributed by atoms with E-state index in [2.05, 4.69) is 15.3 Å². The lowest BCUT2D eigenvalue weighted by Crippen LogP contribution is -2.55. The third-order valence-electron chi connectivity index (χ3n) is 5.59. The van der Waals surface area contributed by atoms with E-state index in [0.717, 1.165) is 0 Å². The molecule has 1 aliphatic rings. The van der Waals surface area contributed by atoms with E-state index in [-0.39, 0.29) is 28.1 Å². The number of ether oxygens (including phenoxy) is 2. The number of benzene rings is 2. The molecule has 0 unspecified atom stereocenters. The van der Waals surface area contributed by atoms with Gasteiger partial charge in [0.05, 0.1) is 35.9 Å². The molecule has 1 fully saturated rings. The second kappa shape index (κ2) is 9.40. The van der Waals surface area contributed by atoms with E-state index in [4.69, 9.17) is 28.9 Å². The Bertz CT molecular complexity index is 1210. The van der Waals surface area contributed by atoms with Crippen LogP contribution in [0.15, 0.2) is 30.6 Å². The SMILES string of the molecule is [B]c1ccc(Nc2ncnc3cc(OC[C@@H]4CN(C)CC(=O)N4C)c(OC)cc23)c(F)c1Cl. The Morgan fingerprint density at radius 2 is 2.06 bits per heavy atom. The number of piperazine rings is 1. The molecule has 11 heteroatoms. The summed E-state index contributed by atoms with van der Waals surface area (Å²) >= 11 is 5.93. The van der Waals surface area contributed by atoms with Gasteiger partial charge in [-0.3, -0.25) is 9.69 Å². The van der Waals surface area contributed by atoms with Crippen LogP contribution in [0.1, 0.15) is 0 Å². The number of rotatable bonds is 6. The molecule has 0 aliphatic carbocycles. The first-order chi connectivity index (χ1) is 15.8. The number of hydrogen-bond acceptors (Lipinski definition) is 7. The van der Waals surface area contributed by atoms with Crippen LogP contribution in [0, 0.1) is 5.82 Å². The van der Waals surface area contributed by atoms with Gasteiger partial charge in [-0.25, -0.2) is 14.4 Å². The number of amides is 1. The van der Waals surface area contributed by atoms with Crippen LogP contribution in [0.25, 0.3) is 10.9 Å². The molecule has 1 N–H and O–H groups in total. The van der Waals surface area contributed by atoms with Gasteiger partial charge in [-0.05, 0) is 19.2 Å². The molecule has 4 rings (SSSR count). The average Bonchev–Trinajstić information content (AvgIpc) is 2.80. The summed E-state index contributed by atoms with van der Waals surface area (Å²) in [7, 11) is 10.8. The fourth-order valence-corrected chi connectivity index (χ4v) is 3.83. The highest BCUT2D eigenvalue weighted by Gasteiger charge is 2.28. The van der Waals surface area contributed by atoms with Crippen molar-refractivity contribution >= 4 is 53.2 Å². The summed E-state index contributed by atoms with van der Waals surface area (Å²) in [4.78, 5) is 24.3. The van der Waals surface area contributed by atoms with Crippen LogP contribution in [0.3, 0.4) is 0 Å². The third-order valence-corrected chi connectivity index (χ3v) is 5.97. The predicted molar refractivity (Wildman–Crippen MR) is 126 cm³/mol. The van der Waals surface area contributed by atoms with Crippen LogP contribution < -0.4 is 20.3 Å². The van der Waals surface area contributed by atoms with Crippen molar-refractivity contribution in [3.63, 3.8) is 0 Å². The molecule has 2 heterocycles. The number of carbonyl (C=O) groups is 1. The van der Waals surface area contributed by atoms with E-state index in [0.29, 0.717) is 47.9 Å². The maximum atomic E-state index is 14.5. The monoisotopic (exact) mass is 469 g/mol. The van der Waals surface area contributed by atoms with E-state index in [9.17, 15) is 9.18 Å². The third kappa shape index (κ3) is 4.67. The number of halogens is 2. The quantitative estimate of drug-likeness (QED) is 0.554. The van der Waals surface area contributed by atoms with Crippen LogP contribution in [-0.4, -0.2) is 80.5 Å². The highest BCUT2D eigenvalue weighted by Crippen LogP contribution is 2.35. The first kappa shape index (κ1) is 23.1. The Balaban J connectivity index is 1.62. The van der Waals surface area contributed by atoms with Gasteiger partial charge in [0.2, 0.25) is 5.91 Å². The highest BCUT2D eigenvalue weighted by atomic mass is 35.5. The maximum Gasteiger partial charge on any atom is 0.236 e. The number of nitrogens with one attached hydrogen (secondary N) is 1. The van der Waals surface area contributed by atoms with Gasteiger partial charge in [0.25, 0.3) is 0 Å². The minimum Gasteiger partial charge on any atom is -0.493 e. The fraction of sp³-hybridized carbons (Fsp3) is 0.318. The van der Waals surface area contributed by atoms with Crippen molar-refractivity contribution in [1.82, 2.24) is 19.8 Å². The summed E-state index contributed by atoms with van der Waals surface area (Å²) in [6.45, 7) is 1.38. The van der Waals surface area contributed by atoms with Gasteiger partial charge in [-0.2, -0.15) is 0 Å². The highest BCUT2D eigenvalue weighted by molar-refractivity contribution is 6.45. The Labute approximate surface area is 197 Å². The van der Waals surface area contributed by atoms with Gasteiger partial charge in [-0.15, -0.1) is 0 Å². The smallest absolute Gasteiger partial charge is 0.236 e. The van der Waals surface area contributed by atoms with Crippen molar-refractivity contribution in [2.75, 3.05) is 46.2 Å². The van der Waals surface area contributed by atoms with Crippen molar-refractivity contribution in [1.29, 1.82) is 0 Å². The predicted octanol–water partition coefficient (Wildman–Crippen LogP) is 2.12. The van der Waals surface area contributed by atoms with Gasteiger partial charge in [0.1, 0.15) is 26.6 Å². The zero-order valence-corrected chi connectivity index (χ0v) is 19.2. The Morgan fingerprint density at radius 1 is 1.27 bits per heavy atom. The van der Waals surface area contributed by atoms with Gasteiger partial charge in [0, 0.05) is 25.0 Å². The summed E-state index contributed by atoms with van der Waals surface area (Å²) in [5.74, 6) is 0.663. The Morgan fingerprint density at radius 3 is 2.82 bits per heavy atom. The zero-order chi connectivity index (χ0) is 23.7. The normalized spacial score (nSPS) is 16.8.